The molecule has 0 saturated carbocycles. The minimum absolute atomic E-state index is 0.0557. The third-order valence-electron chi connectivity index (χ3n) is 4.37. The molecule has 0 bridgehead atoms. The van der Waals surface area contributed by atoms with Gasteiger partial charge in [-0.3, -0.25) is 9.10 Å². The van der Waals surface area contributed by atoms with Crippen LogP contribution in [0.3, 0.4) is 0 Å². The summed E-state index contributed by atoms with van der Waals surface area (Å²) in [5, 5.41) is 2.83. The second-order valence-electron chi connectivity index (χ2n) is 6.24. The molecule has 1 N–H and O–H groups in total. The predicted octanol–water partition coefficient (Wildman–Crippen LogP) is 3.49. The van der Waals surface area contributed by atoms with Gasteiger partial charge in [0.25, 0.3) is 10.0 Å². The van der Waals surface area contributed by atoms with Crippen LogP contribution in [0.5, 0.6) is 0 Å². The van der Waals surface area contributed by atoms with Gasteiger partial charge in [0.2, 0.25) is 5.91 Å². The first-order chi connectivity index (χ1) is 11.9. The molecule has 0 fully saturated rings. The van der Waals surface area contributed by atoms with Crippen LogP contribution < -0.4 is 9.62 Å². The Morgan fingerprint density at radius 2 is 1.88 bits per heavy atom. The number of carbonyl (C=O) groups is 1. The van der Waals surface area contributed by atoms with E-state index in [9.17, 15) is 13.2 Å². The molecule has 0 aliphatic carbocycles. The maximum atomic E-state index is 13.0. The smallest absolute Gasteiger partial charge is 0.264 e. The Balaban J connectivity index is 1.96. The van der Waals surface area contributed by atoms with Gasteiger partial charge in [0.1, 0.15) is 0 Å². The van der Waals surface area contributed by atoms with Crippen molar-refractivity contribution in [3.05, 3.63) is 53.6 Å². The van der Waals surface area contributed by atoms with Gasteiger partial charge in [0, 0.05) is 18.7 Å². The van der Waals surface area contributed by atoms with E-state index in [0.717, 1.165) is 24.0 Å². The van der Waals surface area contributed by atoms with Crippen LogP contribution in [0.2, 0.25) is 0 Å². The van der Waals surface area contributed by atoms with Crippen molar-refractivity contribution in [1.29, 1.82) is 0 Å². The maximum absolute atomic E-state index is 13.0. The molecule has 132 valence electrons. The number of amides is 1. The van der Waals surface area contributed by atoms with E-state index in [0.29, 0.717) is 29.2 Å². The number of hydrogen-bond donors (Lipinski definition) is 1. The Bertz CT molecular complexity index is 889. The van der Waals surface area contributed by atoms with Gasteiger partial charge in [-0.1, -0.05) is 24.6 Å². The summed E-state index contributed by atoms with van der Waals surface area (Å²) in [5.74, 6) is -0.0557. The van der Waals surface area contributed by atoms with Crippen LogP contribution in [0.1, 0.15) is 30.9 Å². The monoisotopic (exact) mass is 358 g/mol. The van der Waals surface area contributed by atoms with Crippen LogP contribution in [-0.4, -0.2) is 20.9 Å². The summed E-state index contributed by atoms with van der Waals surface area (Å²) in [5.41, 5.74) is 3.37. The highest BCUT2D eigenvalue weighted by atomic mass is 32.2. The van der Waals surface area contributed by atoms with Gasteiger partial charge >= 0.3 is 0 Å². The molecule has 0 spiro atoms. The van der Waals surface area contributed by atoms with Crippen molar-refractivity contribution in [1.82, 2.24) is 0 Å². The Morgan fingerprint density at radius 3 is 2.56 bits per heavy atom. The number of nitrogens with one attached hydrogen (secondary N) is 1. The number of carbonyl (C=O) groups excluding carboxylic acids is 1. The fourth-order valence-electron chi connectivity index (χ4n) is 2.98. The molecule has 0 saturated heterocycles. The molecule has 0 aromatic heterocycles. The molecule has 3 rings (SSSR count). The number of hydrogen-bond acceptors (Lipinski definition) is 3. The molecule has 1 amide bonds. The first-order valence-corrected chi connectivity index (χ1v) is 9.88. The van der Waals surface area contributed by atoms with E-state index in [2.05, 4.69) is 5.32 Å². The van der Waals surface area contributed by atoms with Crippen LogP contribution in [-0.2, 0) is 21.2 Å². The normalized spacial score (nSPS) is 14.1. The third-order valence-corrected chi connectivity index (χ3v) is 6.20. The summed E-state index contributed by atoms with van der Waals surface area (Å²) in [6, 6.07) is 12.3. The average Bonchev–Trinajstić information content (AvgIpc) is 2.61. The standard InChI is InChI=1S/C19H22N2O3S/c1-3-19(22)20-16-8-11-18-15(13-16)5-4-12-21(18)25(23,24)17-9-6-14(2)7-10-17/h6-11,13H,3-5,12H2,1-2H3,(H,20,22). The number of benzene rings is 2. The second kappa shape index (κ2) is 6.88. The minimum atomic E-state index is -3.59. The van der Waals surface area contributed by atoms with Crippen molar-refractivity contribution >= 4 is 27.3 Å². The van der Waals surface area contributed by atoms with Gasteiger partial charge in [-0.15, -0.1) is 0 Å². The molecular weight excluding hydrogens is 336 g/mol. The van der Waals surface area contributed by atoms with Crippen molar-refractivity contribution in [2.45, 2.75) is 38.0 Å². The number of anilines is 2. The Hall–Kier alpha value is -2.34. The summed E-state index contributed by atoms with van der Waals surface area (Å²) in [4.78, 5) is 11.9. The average molecular weight is 358 g/mol. The van der Waals surface area contributed by atoms with Crippen LogP contribution >= 0.6 is 0 Å². The second-order valence-corrected chi connectivity index (χ2v) is 8.10. The lowest BCUT2D eigenvalue weighted by Crippen LogP contribution is -2.35. The molecule has 2 aromatic carbocycles. The fraction of sp³-hybridized carbons (Fsp3) is 0.316. The quantitative estimate of drug-likeness (QED) is 0.910. The Kier molecular flexibility index (Phi) is 4.81. The molecule has 1 aliphatic rings. The zero-order valence-corrected chi connectivity index (χ0v) is 15.3. The molecule has 0 unspecified atom stereocenters. The third kappa shape index (κ3) is 3.54. The Morgan fingerprint density at radius 1 is 1.16 bits per heavy atom. The van der Waals surface area contributed by atoms with Crippen LogP contribution in [0.15, 0.2) is 47.4 Å². The van der Waals surface area contributed by atoms with E-state index < -0.39 is 10.0 Å². The lowest BCUT2D eigenvalue weighted by molar-refractivity contribution is -0.115. The predicted molar refractivity (Wildman–Crippen MR) is 99.4 cm³/mol. The molecule has 1 heterocycles. The van der Waals surface area contributed by atoms with Crippen molar-refractivity contribution in [3.8, 4) is 0 Å². The molecule has 0 atom stereocenters. The molecule has 25 heavy (non-hydrogen) atoms. The SMILES string of the molecule is CCC(=O)Nc1ccc2c(c1)CCCN2S(=O)(=O)c1ccc(C)cc1. The van der Waals surface area contributed by atoms with E-state index >= 15 is 0 Å². The number of fused-ring (bicyclic) bond motifs is 1. The molecule has 6 heteroatoms. The van der Waals surface area contributed by atoms with Gasteiger partial charge in [0.15, 0.2) is 0 Å². The van der Waals surface area contributed by atoms with Crippen molar-refractivity contribution in [2.24, 2.45) is 0 Å². The van der Waals surface area contributed by atoms with Gasteiger partial charge in [-0.25, -0.2) is 8.42 Å². The van der Waals surface area contributed by atoms with Crippen LogP contribution in [0.25, 0.3) is 0 Å². The fourth-order valence-corrected chi connectivity index (χ4v) is 4.52. The first-order valence-electron chi connectivity index (χ1n) is 8.44. The van der Waals surface area contributed by atoms with Gasteiger partial charge in [-0.2, -0.15) is 0 Å². The summed E-state index contributed by atoms with van der Waals surface area (Å²) in [6.45, 7) is 4.19. The van der Waals surface area contributed by atoms with Gasteiger partial charge in [0.05, 0.1) is 10.6 Å². The van der Waals surface area contributed by atoms with Crippen molar-refractivity contribution in [2.75, 3.05) is 16.2 Å². The van der Waals surface area contributed by atoms with E-state index in [1.54, 1.807) is 43.3 Å². The molecule has 0 radical (unpaired) electrons. The summed E-state index contributed by atoms with van der Waals surface area (Å²) in [7, 11) is -3.59. The maximum Gasteiger partial charge on any atom is 0.264 e. The van der Waals surface area contributed by atoms with Gasteiger partial charge in [-0.05, 0) is 55.7 Å². The molecular formula is C19H22N2O3S. The highest BCUT2D eigenvalue weighted by molar-refractivity contribution is 7.92. The zero-order chi connectivity index (χ0) is 18.0. The Labute approximate surface area is 148 Å². The summed E-state index contributed by atoms with van der Waals surface area (Å²) < 4.78 is 27.5. The van der Waals surface area contributed by atoms with Crippen molar-refractivity contribution < 1.29 is 13.2 Å². The van der Waals surface area contributed by atoms with Gasteiger partial charge < -0.3 is 5.32 Å². The summed E-state index contributed by atoms with van der Waals surface area (Å²) >= 11 is 0. The highest BCUT2D eigenvalue weighted by Crippen LogP contribution is 2.33. The highest BCUT2D eigenvalue weighted by Gasteiger charge is 2.29. The molecule has 1 aliphatic heterocycles. The largest absolute Gasteiger partial charge is 0.326 e. The number of nitrogens with zero attached hydrogens (tertiary/aromatic N) is 1. The van der Waals surface area contributed by atoms with E-state index in [-0.39, 0.29) is 5.91 Å². The van der Waals surface area contributed by atoms with Crippen LogP contribution in [0.4, 0.5) is 11.4 Å². The van der Waals surface area contributed by atoms with Crippen LogP contribution in [0, 0.1) is 6.92 Å². The minimum Gasteiger partial charge on any atom is -0.326 e. The van der Waals surface area contributed by atoms with E-state index in [1.165, 1.54) is 4.31 Å². The number of rotatable bonds is 4. The molecule has 2 aromatic rings. The van der Waals surface area contributed by atoms with Crippen molar-refractivity contribution in [3.63, 3.8) is 0 Å². The molecule has 5 nitrogen and oxygen atoms in total. The number of sulfonamides is 1. The lowest BCUT2D eigenvalue weighted by Gasteiger charge is -2.31. The lowest BCUT2D eigenvalue weighted by atomic mass is 10.0. The zero-order valence-electron chi connectivity index (χ0n) is 14.5. The number of aryl methyl sites for hydroxylation is 2. The topological polar surface area (TPSA) is 66.5 Å². The first kappa shape index (κ1) is 17.5. The summed E-state index contributed by atoms with van der Waals surface area (Å²) in [6.07, 6.45) is 1.96. The van der Waals surface area contributed by atoms with E-state index in [4.69, 9.17) is 0 Å². The van der Waals surface area contributed by atoms with E-state index in [1.807, 2.05) is 13.0 Å².